The second kappa shape index (κ2) is 7.61. The topological polar surface area (TPSA) is 71.6 Å². The van der Waals surface area contributed by atoms with Gasteiger partial charge in [-0.15, -0.1) is 11.3 Å². The molecule has 2 N–H and O–H groups in total. The van der Waals surface area contributed by atoms with Crippen LogP contribution in [0.4, 0.5) is 16.5 Å². The van der Waals surface area contributed by atoms with Gasteiger partial charge >= 0.3 is 0 Å². The molecule has 1 amide bonds. The van der Waals surface area contributed by atoms with E-state index in [2.05, 4.69) is 9.98 Å². The molecule has 1 fully saturated rings. The number of thiazole rings is 1. The van der Waals surface area contributed by atoms with Crippen LogP contribution in [0, 0.1) is 6.92 Å². The van der Waals surface area contributed by atoms with Crippen molar-refractivity contribution in [2.75, 3.05) is 10.6 Å². The number of aryl methyl sites for hydroxylation is 1. The van der Waals surface area contributed by atoms with E-state index in [9.17, 15) is 4.79 Å². The second-order valence-electron chi connectivity index (χ2n) is 6.32. The van der Waals surface area contributed by atoms with Crippen LogP contribution in [-0.4, -0.2) is 16.1 Å². The van der Waals surface area contributed by atoms with Crippen LogP contribution in [0.5, 0.6) is 0 Å². The van der Waals surface area contributed by atoms with Crippen LogP contribution < -0.4 is 10.6 Å². The lowest BCUT2D eigenvalue weighted by molar-refractivity contribution is -0.113. The van der Waals surface area contributed by atoms with Gasteiger partial charge in [0.15, 0.2) is 5.17 Å². The Morgan fingerprint density at radius 2 is 1.82 bits per heavy atom. The number of nitrogen functional groups attached to an aromatic ring is 1. The lowest BCUT2D eigenvalue weighted by Gasteiger charge is -2.15. The van der Waals surface area contributed by atoms with E-state index in [4.69, 9.17) is 5.73 Å². The summed E-state index contributed by atoms with van der Waals surface area (Å²) < 4.78 is 0. The largest absolute Gasteiger partial charge is 0.399 e. The van der Waals surface area contributed by atoms with Crippen LogP contribution in [0.2, 0.25) is 0 Å². The van der Waals surface area contributed by atoms with Crippen LogP contribution in [0.3, 0.4) is 0 Å². The number of para-hydroxylation sites is 1. The summed E-state index contributed by atoms with van der Waals surface area (Å²) in [5.74, 6) is -0.0856. The molecule has 1 aromatic heterocycles. The molecule has 2 heterocycles. The van der Waals surface area contributed by atoms with E-state index in [1.54, 1.807) is 4.90 Å². The van der Waals surface area contributed by atoms with Crippen molar-refractivity contribution < 1.29 is 4.79 Å². The summed E-state index contributed by atoms with van der Waals surface area (Å²) in [6, 6.07) is 17.1. The fourth-order valence-corrected chi connectivity index (χ4v) is 4.59. The Balaban J connectivity index is 1.81. The summed E-state index contributed by atoms with van der Waals surface area (Å²) in [6.07, 6.45) is 0. The normalized spacial score (nSPS) is 17.4. The molecule has 1 saturated heterocycles. The zero-order valence-corrected chi connectivity index (χ0v) is 17.1. The lowest BCUT2D eigenvalue weighted by Crippen LogP contribution is -2.28. The fraction of sp³-hybridized carbons (Fsp3) is 0.0952. The molecule has 2 aromatic carbocycles. The minimum Gasteiger partial charge on any atom is -0.399 e. The number of thioether (sulfide) groups is 1. The molecule has 0 atom stereocenters. The summed E-state index contributed by atoms with van der Waals surface area (Å²) in [5, 5.41) is 3.19. The molecule has 7 heteroatoms. The minimum absolute atomic E-state index is 0.0856. The maximum Gasteiger partial charge on any atom is 0.271 e. The van der Waals surface area contributed by atoms with Crippen LogP contribution in [0.1, 0.15) is 18.2 Å². The molecule has 1 aliphatic heterocycles. The van der Waals surface area contributed by atoms with E-state index in [0.717, 1.165) is 22.5 Å². The highest BCUT2D eigenvalue weighted by Gasteiger charge is 2.36. The Bertz CT molecular complexity index is 1090. The maximum absolute atomic E-state index is 13.3. The fourth-order valence-electron chi connectivity index (χ4n) is 2.82. The number of carbonyl (C=O) groups excluding carboxylic acids is 1. The Labute approximate surface area is 171 Å². The van der Waals surface area contributed by atoms with Gasteiger partial charge in [-0.1, -0.05) is 30.3 Å². The maximum atomic E-state index is 13.3. The number of hydrogen-bond donors (Lipinski definition) is 1. The Morgan fingerprint density at radius 1 is 1.11 bits per heavy atom. The van der Waals surface area contributed by atoms with Gasteiger partial charge in [-0.05, 0) is 61.0 Å². The van der Waals surface area contributed by atoms with E-state index in [1.807, 2.05) is 73.8 Å². The number of nitrogens with zero attached hydrogens (tertiary/aromatic N) is 3. The van der Waals surface area contributed by atoms with Crippen molar-refractivity contribution in [1.82, 2.24) is 4.98 Å². The van der Waals surface area contributed by atoms with Gasteiger partial charge in [0, 0.05) is 11.1 Å². The quantitative estimate of drug-likeness (QED) is 0.477. The SMILES string of the molecule is C/C(=C1/S/C(=N/c2nc(C)cs2)N(c2ccccc2)C1=O)c1ccc(N)cc1. The molecule has 0 spiro atoms. The summed E-state index contributed by atoms with van der Waals surface area (Å²) in [5.41, 5.74) is 10.0. The van der Waals surface area contributed by atoms with Crippen LogP contribution in [-0.2, 0) is 4.79 Å². The van der Waals surface area contributed by atoms with Crippen molar-refractivity contribution in [3.63, 3.8) is 0 Å². The summed E-state index contributed by atoms with van der Waals surface area (Å²) in [4.78, 5) is 24.7. The van der Waals surface area contributed by atoms with E-state index in [-0.39, 0.29) is 5.91 Å². The molecule has 28 heavy (non-hydrogen) atoms. The van der Waals surface area contributed by atoms with E-state index in [0.29, 0.717) is 20.9 Å². The van der Waals surface area contributed by atoms with Gasteiger partial charge in [0.2, 0.25) is 5.13 Å². The highest BCUT2D eigenvalue weighted by molar-refractivity contribution is 8.19. The van der Waals surface area contributed by atoms with Gasteiger partial charge < -0.3 is 5.73 Å². The van der Waals surface area contributed by atoms with E-state index in [1.165, 1.54) is 23.1 Å². The van der Waals surface area contributed by atoms with E-state index >= 15 is 0 Å². The molecule has 3 aromatic rings. The molecule has 4 rings (SSSR count). The molecular weight excluding hydrogens is 388 g/mol. The molecular formula is C21H18N4OS2. The second-order valence-corrected chi connectivity index (χ2v) is 8.13. The Kier molecular flexibility index (Phi) is 5.02. The first-order chi connectivity index (χ1) is 13.5. The monoisotopic (exact) mass is 406 g/mol. The van der Waals surface area contributed by atoms with Gasteiger partial charge in [0.1, 0.15) is 0 Å². The molecule has 0 radical (unpaired) electrons. The lowest BCUT2D eigenvalue weighted by atomic mass is 10.1. The van der Waals surface area contributed by atoms with Crippen LogP contribution in [0.15, 0.2) is 69.9 Å². The standard InChI is InChI=1S/C21H18N4OS2/c1-13-12-27-20(23-13)24-21-25(17-6-4-3-5-7-17)19(26)18(28-21)14(2)15-8-10-16(22)11-9-15/h3-12H,22H2,1-2H3/b18-14-,24-21+. The number of aromatic nitrogens is 1. The Morgan fingerprint density at radius 3 is 2.46 bits per heavy atom. The first kappa shape index (κ1) is 18.5. The highest BCUT2D eigenvalue weighted by Crippen LogP contribution is 2.40. The smallest absolute Gasteiger partial charge is 0.271 e. The number of nitrogens with two attached hydrogens (primary N) is 1. The minimum atomic E-state index is -0.0856. The Hall–Kier alpha value is -2.90. The van der Waals surface area contributed by atoms with Gasteiger partial charge in [0.05, 0.1) is 16.3 Å². The molecule has 0 saturated carbocycles. The molecule has 140 valence electrons. The van der Waals surface area contributed by atoms with Crippen LogP contribution >= 0.6 is 23.1 Å². The van der Waals surface area contributed by atoms with Gasteiger partial charge in [-0.25, -0.2) is 4.98 Å². The van der Waals surface area contributed by atoms with Crippen molar-refractivity contribution in [2.24, 2.45) is 4.99 Å². The van der Waals surface area contributed by atoms with E-state index < -0.39 is 0 Å². The average molecular weight is 407 g/mol. The van der Waals surface area contributed by atoms with Gasteiger partial charge in [-0.3, -0.25) is 9.69 Å². The summed E-state index contributed by atoms with van der Waals surface area (Å²) >= 11 is 2.84. The number of hydrogen-bond acceptors (Lipinski definition) is 6. The first-order valence-electron chi connectivity index (χ1n) is 8.68. The number of anilines is 2. The number of amidine groups is 1. The molecule has 5 nitrogen and oxygen atoms in total. The molecule has 1 aliphatic rings. The van der Waals surface area contributed by atoms with Crippen molar-refractivity contribution in [2.45, 2.75) is 13.8 Å². The number of carbonyl (C=O) groups is 1. The number of allylic oxidation sites excluding steroid dienone is 1. The highest BCUT2D eigenvalue weighted by atomic mass is 32.2. The number of benzene rings is 2. The van der Waals surface area contributed by atoms with Crippen molar-refractivity contribution in [3.05, 3.63) is 76.1 Å². The average Bonchev–Trinajstić information content (AvgIpc) is 3.25. The third-order valence-corrected chi connectivity index (χ3v) is 6.27. The van der Waals surface area contributed by atoms with Crippen molar-refractivity contribution in [3.8, 4) is 0 Å². The van der Waals surface area contributed by atoms with Crippen molar-refractivity contribution >= 4 is 56.3 Å². The van der Waals surface area contributed by atoms with Crippen LogP contribution in [0.25, 0.3) is 5.57 Å². The predicted octanol–water partition coefficient (Wildman–Crippen LogP) is 5.23. The third-order valence-electron chi connectivity index (χ3n) is 4.28. The molecule has 0 bridgehead atoms. The summed E-state index contributed by atoms with van der Waals surface area (Å²) in [7, 11) is 0. The van der Waals surface area contributed by atoms with Gasteiger partial charge in [0.25, 0.3) is 5.91 Å². The number of rotatable bonds is 3. The number of aliphatic imine (C=N–C) groups is 1. The first-order valence-corrected chi connectivity index (χ1v) is 10.4. The molecule has 0 unspecified atom stereocenters. The molecule has 0 aliphatic carbocycles. The van der Waals surface area contributed by atoms with Gasteiger partial charge in [-0.2, -0.15) is 4.99 Å². The third kappa shape index (κ3) is 3.58. The van der Waals surface area contributed by atoms with Crippen molar-refractivity contribution in [1.29, 1.82) is 0 Å². The number of amides is 1. The zero-order valence-electron chi connectivity index (χ0n) is 15.4. The zero-order chi connectivity index (χ0) is 19.7. The summed E-state index contributed by atoms with van der Waals surface area (Å²) in [6.45, 7) is 3.88. The predicted molar refractivity (Wildman–Crippen MR) is 119 cm³/mol.